The minimum atomic E-state index is -0.590. The number of rotatable bonds is 22. The number of carbonyl (C=O) groups is 3. The highest BCUT2D eigenvalue weighted by Gasteiger charge is 1.99. The first-order valence-corrected chi connectivity index (χ1v) is 13.4. The summed E-state index contributed by atoms with van der Waals surface area (Å²) in [6.07, 6.45) is 35.0. The summed E-state index contributed by atoms with van der Waals surface area (Å²) in [5.41, 5.74) is 0. The van der Waals surface area contributed by atoms with E-state index in [1.165, 1.54) is 7.11 Å². The second-order valence-corrected chi connectivity index (χ2v) is 8.06. The minimum absolute atomic E-state index is 0.0191. The van der Waals surface area contributed by atoms with Gasteiger partial charge in [0.05, 0.1) is 20.3 Å². The number of nitrogens with one attached hydrogen (secondary N) is 2. The Labute approximate surface area is 229 Å². The first kappa shape index (κ1) is 34.6. The summed E-state index contributed by atoms with van der Waals surface area (Å²) in [6, 6.07) is 0. The second kappa shape index (κ2) is 28.1. The average molecular weight is 527 g/mol. The standard InChI is InChI=1S/C31H46N2O5/c1-3-4-5-6-7-8-9-10-11-12-13-14-15-16-17-18-19-20-21-22-29(34)32-25-27-38-28-26-33-30(35)23-24-31(36)37-2/h4-5,7-8,10-11,13-14,16-17,19-20,23-24H,3,6,9,12,15,18,21-22,25-28H2,1-2H3,(H,32,34)(H,33,35)/b5-4-,8-7-,11-10-,14-13-,17-16-,20-19-,24-23+. The van der Waals surface area contributed by atoms with Crippen molar-refractivity contribution in [2.45, 2.75) is 58.3 Å². The van der Waals surface area contributed by atoms with Crippen molar-refractivity contribution in [1.29, 1.82) is 0 Å². The van der Waals surface area contributed by atoms with Crippen LogP contribution in [0.15, 0.2) is 85.1 Å². The molecule has 0 rings (SSSR count). The molecule has 0 aliphatic heterocycles. The zero-order valence-electron chi connectivity index (χ0n) is 23.1. The molecule has 0 atom stereocenters. The number of esters is 1. The third-order valence-electron chi connectivity index (χ3n) is 4.82. The minimum Gasteiger partial charge on any atom is -0.466 e. The lowest BCUT2D eigenvalue weighted by atomic mass is 10.2. The topological polar surface area (TPSA) is 93.7 Å². The van der Waals surface area contributed by atoms with Gasteiger partial charge in [0, 0.05) is 31.7 Å². The monoisotopic (exact) mass is 526 g/mol. The fourth-order valence-electron chi connectivity index (χ4n) is 2.82. The summed E-state index contributed by atoms with van der Waals surface area (Å²) in [5.74, 6) is -1.01. The Kier molecular flexibility index (Phi) is 25.6. The number of hydrogen-bond donors (Lipinski definition) is 2. The van der Waals surface area contributed by atoms with E-state index in [9.17, 15) is 14.4 Å². The predicted molar refractivity (Wildman–Crippen MR) is 155 cm³/mol. The molecular weight excluding hydrogens is 480 g/mol. The summed E-state index contributed by atoms with van der Waals surface area (Å²) in [7, 11) is 1.24. The number of methoxy groups -OCH3 is 1. The zero-order chi connectivity index (χ0) is 27.9. The Balaban J connectivity index is 3.59. The number of carbonyl (C=O) groups excluding carboxylic acids is 3. The van der Waals surface area contributed by atoms with Crippen LogP contribution in [0.2, 0.25) is 0 Å². The van der Waals surface area contributed by atoms with Crippen molar-refractivity contribution in [3.8, 4) is 0 Å². The summed E-state index contributed by atoms with van der Waals surface area (Å²) in [5, 5.41) is 5.37. The van der Waals surface area contributed by atoms with Gasteiger partial charge < -0.3 is 20.1 Å². The van der Waals surface area contributed by atoms with E-state index in [0.717, 1.165) is 50.7 Å². The van der Waals surface area contributed by atoms with E-state index in [0.29, 0.717) is 39.1 Å². The molecule has 7 heteroatoms. The number of allylic oxidation sites excluding steroid dienone is 12. The average Bonchev–Trinajstić information content (AvgIpc) is 2.92. The van der Waals surface area contributed by atoms with Crippen LogP contribution in [-0.2, 0) is 23.9 Å². The molecule has 0 unspecified atom stereocenters. The van der Waals surface area contributed by atoms with Gasteiger partial charge in [0.15, 0.2) is 0 Å². The maximum Gasteiger partial charge on any atom is 0.330 e. The smallest absolute Gasteiger partial charge is 0.330 e. The Hall–Kier alpha value is -3.45. The van der Waals surface area contributed by atoms with Crippen LogP contribution in [0.4, 0.5) is 0 Å². The van der Waals surface area contributed by atoms with Gasteiger partial charge in [-0.2, -0.15) is 0 Å². The molecule has 7 nitrogen and oxygen atoms in total. The molecule has 0 aromatic rings. The van der Waals surface area contributed by atoms with Crippen molar-refractivity contribution < 1.29 is 23.9 Å². The molecule has 0 fully saturated rings. The zero-order valence-corrected chi connectivity index (χ0v) is 23.1. The molecule has 0 aliphatic rings. The molecule has 0 aliphatic carbocycles. The first-order chi connectivity index (χ1) is 18.6. The molecule has 0 spiro atoms. The largest absolute Gasteiger partial charge is 0.466 e. The van der Waals surface area contributed by atoms with E-state index in [1.807, 2.05) is 6.08 Å². The second-order valence-electron chi connectivity index (χ2n) is 8.06. The maximum absolute atomic E-state index is 11.8. The molecular formula is C31H46N2O5. The molecule has 0 radical (unpaired) electrons. The molecule has 2 amide bonds. The van der Waals surface area contributed by atoms with Crippen LogP contribution in [0.5, 0.6) is 0 Å². The fourth-order valence-corrected chi connectivity index (χ4v) is 2.82. The van der Waals surface area contributed by atoms with Crippen LogP contribution >= 0.6 is 0 Å². The molecule has 0 saturated carbocycles. The Bertz CT molecular complexity index is 835. The first-order valence-electron chi connectivity index (χ1n) is 13.4. The van der Waals surface area contributed by atoms with Crippen LogP contribution in [0.25, 0.3) is 0 Å². The van der Waals surface area contributed by atoms with Gasteiger partial charge in [0.1, 0.15) is 0 Å². The van der Waals surface area contributed by atoms with Gasteiger partial charge in [-0.05, 0) is 44.9 Å². The van der Waals surface area contributed by atoms with E-state index in [1.54, 1.807) is 0 Å². The third kappa shape index (κ3) is 27.1. The Morgan fingerprint density at radius 1 is 0.632 bits per heavy atom. The molecule has 0 aromatic carbocycles. The Morgan fingerprint density at radius 3 is 1.61 bits per heavy atom. The lowest BCUT2D eigenvalue weighted by Gasteiger charge is -2.06. The Morgan fingerprint density at radius 2 is 1.11 bits per heavy atom. The van der Waals surface area contributed by atoms with Gasteiger partial charge in [-0.15, -0.1) is 0 Å². The van der Waals surface area contributed by atoms with Crippen LogP contribution in [0.3, 0.4) is 0 Å². The van der Waals surface area contributed by atoms with Gasteiger partial charge in [-0.3, -0.25) is 9.59 Å². The van der Waals surface area contributed by atoms with Gasteiger partial charge in [-0.1, -0.05) is 79.8 Å². The third-order valence-corrected chi connectivity index (χ3v) is 4.82. The van der Waals surface area contributed by atoms with Crippen molar-refractivity contribution in [2.24, 2.45) is 0 Å². The van der Waals surface area contributed by atoms with Crippen molar-refractivity contribution >= 4 is 17.8 Å². The van der Waals surface area contributed by atoms with Crippen LogP contribution in [0, 0.1) is 0 Å². The van der Waals surface area contributed by atoms with Crippen LogP contribution in [-0.4, -0.2) is 51.2 Å². The molecule has 2 N–H and O–H groups in total. The van der Waals surface area contributed by atoms with Crippen molar-refractivity contribution in [3.05, 3.63) is 85.1 Å². The van der Waals surface area contributed by atoms with Crippen LogP contribution < -0.4 is 10.6 Å². The van der Waals surface area contributed by atoms with E-state index >= 15 is 0 Å². The molecule has 210 valence electrons. The van der Waals surface area contributed by atoms with Gasteiger partial charge >= 0.3 is 5.97 Å². The van der Waals surface area contributed by atoms with Gasteiger partial charge in [0.25, 0.3) is 0 Å². The molecule has 0 aromatic heterocycles. The summed E-state index contributed by atoms with van der Waals surface area (Å²) >= 11 is 0. The molecule has 38 heavy (non-hydrogen) atoms. The van der Waals surface area contributed by atoms with Crippen molar-refractivity contribution in [2.75, 3.05) is 33.4 Å². The molecule has 0 saturated heterocycles. The number of ether oxygens (including phenoxy) is 2. The van der Waals surface area contributed by atoms with Gasteiger partial charge in [0.2, 0.25) is 11.8 Å². The lowest BCUT2D eigenvalue weighted by Crippen LogP contribution is -2.29. The van der Waals surface area contributed by atoms with Crippen molar-refractivity contribution in [3.63, 3.8) is 0 Å². The lowest BCUT2D eigenvalue weighted by molar-refractivity contribution is -0.135. The highest BCUT2D eigenvalue weighted by Crippen LogP contribution is 1.97. The highest BCUT2D eigenvalue weighted by atomic mass is 16.5. The predicted octanol–water partition coefficient (Wildman–Crippen LogP) is 5.44. The van der Waals surface area contributed by atoms with Crippen molar-refractivity contribution in [1.82, 2.24) is 10.6 Å². The SMILES string of the molecule is CC/C=C\C/C=C\C/C=C\C/C=C\C/C=C\C/C=C\CCC(=O)NCCOCCNC(=O)/C=C/C(=O)OC. The number of amides is 2. The fraction of sp³-hybridized carbons (Fsp3) is 0.452. The summed E-state index contributed by atoms with van der Waals surface area (Å²) < 4.78 is 9.74. The van der Waals surface area contributed by atoms with E-state index in [4.69, 9.17) is 4.74 Å². The van der Waals surface area contributed by atoms with E-state index in [2.05, 4.69) is 89.1 Å². The normalized spacial score (nSPS) is 12.4. The highest BCUT2D eigenvalue weighted by molar-refractivity contribution is 5.94. The molecule has 0 bridgehead atoms. The quantitative estimate of drug-likeness (QED) is 0.0848. The summed E-state index contributed by atoms with van der Waals surface area (Å²) in [6.45, 7) is 3.54. The van der Waals surface area contributed by atoms with Crippen LogP contribution in [0.1, 0.15) is 58.3 Å². The summed E-state index contributed by atoms with van der Waals surface area (Å²) in [4.78, 5) is 34.1. The van der Waals surface area contributed by atoms with E-state index < -0.39 is 11.9 Å². The van der Waals surface area contributed by atoms with E-state index in [-0.39, 0.29) is 5.91 Å². The van der Waals surface area contributed by atoms with Gasteiger partial charge in [-0.25, -0.2) is 4.79 Å². The molecule has 0 heterocycles. The maximum atomic E-state index is 11.8. The number of hydrogen-bond acceptors (Lipinski definition) is 5.